The highest BCUT2D eigenvalue weighted by atomic mass is 19.4. The second-order valence-corrected chi connectivity index (χ2v) is 11.4. The Kier molecular flexibility index (Phi) is 6.68. The van der Waals surface area contributed by atoms with Gasteiger partial charge in [0.15, 0.2) is 6.17 Å². The van der Waals surface area contributed by atoms with Crippen LogP contribution in [0.15, 0.2) is 54.6 Å². The lowest BCUT2D eigenvalue weighted by Crippen LogP contribution is -2.27. The highest BCUT2D eigenvalue weighted by Crippen LogP contribution is 2.52. The van der Waals surface area contributed by atoms with E-state index in [1.54, 1.807) is 12.1 Å². The second kappa shape index (κ2) is 9.54. The van der Waals surface area contributed by atoms with Gasteiger partial charge in [0.1, 0.15) is 5.82 Å². The van der Waals surface area contributed by atoms with E-state index >= 15 is 4.39 Å². The predicted octanol–water partition coefficient (Wildman–Crippen LogP) is 9.23. The van der Waals surface area contributed by atoms with Crippen LogP contribution in [-0.2, 0) is 12.6 Å². The lowest BCUT2D eigenvalue weighted by atomic mass is 9.68. The van der Waals surface area contributed by atoms with Crippen LogP contribution in [0.3, 0.4) is 0 Å². The quantitative estimate of drug-likeness (QED) is 0.344. The molecule has 1 nitrogen and oxygen atoms in total. The molecule has 2 atom stereocenters. The van der Waals surface area contributed by atoms with Crippen LogP contribution >= 0.6 is 0 Å². The van der Waals surface area contributed by atoms with Crippen molar-refractivity contribution in [1.29, 1.82) is 0 Å². The van der Waals surface area contributed by atoms with Gasteiger partial charge in [-0.05, 0) is 94.7 Å². The smallest absolute Gasteiger partial charge is 0.388 e. The van der Waals surface area contributed by atoms with Crippen LogP contribution < -0.4 is 0 Å². The Hall–Kier alpha value is -2.73. The second-order valence-electron chi connectivity index (χ2n) is 11.4. The van der Waals surface area contributed by atoms with E-state index < -0.39 is 29.8 Å². The van der Waals surface area contributed by atoms with Crippen LogP contribution in [-0.4, -0.2) is 5.11 Å². The number of halogens is 5. The highest BCUT2D eigenvalue weighted by molar-refractivity contribution is 5.76. The van der Waals surface area contributed by atoms with Crippen LogP contribution in [0.2, 0.25) is 0 Å². The Morgan fingerprint density at radius 2 is 1.57 bits per heavy atom. The molecule has 5 rings (SSSR count). The van der Waals surface area contributed by atoms with Gasteiger partial charge in [-0.2, -0.15) is 13.2 Å². The zero-order valence-electron chi connectivity index (χ0n) is 21.0. The number of fused-ring (bicyclic) bond motifs is 1. The standard InChI is InChI=1S/C31H31F5O/c1-30(2)16-21-15-24(18-5-3-4-6-18)28(29(33)20-7-11-22(12-8-20)31(34,35)36)27(26(21)25(37)17-30)19-9-13-23(32)14-10-19/h7-15,18,25,29,37H,3-6,16-17H2,1-2H3/t25-,29+/m0/s1. The summed E-state index contributed by atoms with van der Waals surface area (Å²) < 4.78 is 70.1. The molecule has 196 valence electrons. The third-order valence-corrected chi connectivity index (χ3v) is 7.99. The number of hydrogen-bond acceptors (Lipinski definition) is 1. The third-order valence-electron chi connectivity index (χ3n) is 7.99. The average Bonchev–Trinajstić information content (AvgIpc) is 3.37. The lowest BCUT2D eigenvalue weighted by Gasteiger charge is -2.38. The molecule has 0 heterocycles. The fourth-order valence-electron chi connectivity index (χ4n) is 6.32. The van der Waals surface area contributed by atoms with E-state index in [2.05, 4.69) is 13.8 Å². The lowest BCUT2D eigenvalue weighted by molar-refractivity contribution is -0.137. The molecule has 0 spiro atoms. The van der Waals surface area contributed by atoms with E-state index in [0.29, 0.717) is 35.1 Å². The van der Waals surface area contributed by atoms with Crippen molar-refractivity contribution in [1.82, 2.24) is 0 Å². The molecule has 0 amide bonds. The van der Waals surface area contributed by atoms with E-state index in [9.17, 15) is 22.7 Å². The number of alkyl halides is 4. The SMILES string of the molecule is CC1(C)Cc2cc(C3CCCC3)c([C@H](F)c3ccc(C(F)(F)F)cc3)c(-c3ccc(F)cc3)c2[C@@H](O)C1. The molecule has 3 aromatic carbocycles. The Labute approximate surface area is 214 Å². The molecule has 1 N–H and O–H groups in total. The zero-order chi connectivity index (χ0) is 26.5. The fourth-order valence-corrected chi connectivity index (χ4v) is 6.32. The molecule has 2 aliphatic rings. The first-order valence-electron chi connectivity index (χ1n) is 12.9. The maximum Gasteiger partial charge on any atom is 0.416 e. The van der Waals surface area contributed by atoms with Crippen LogP contribution in [0, 0.1) is 11.2 Å². The third kappa shape index (κ3) is 5.05. The maximum absolute atomic E-state index is 16.6. The molecule has 0 radical (unpaired) electrons. The minimum Gasteiger partial charge on any atom is -0.388 e. The molecule has 0 bridgehead atoms. The van der Waals surface area contributed by atoms with Crippen molar-refractivity contribution in [2.75, 3.05) is 0 Å². The van der Waals surface area contributed by atoms with Crippen LogP contribution in [0.5, 0.6) is 0 Å². The number of aliphatic hydroxyl groups excluding tert-OH is 1. The average molecular weight is 515 g/mol. The molecule has 0 aliphatic heterocycles. The maximum atomic E-state index is 16.6. The van der Waals surface area contributed by atoms with Crippen molar-refractivity contribution in [3.63, 3.8) is 0 Å². The van der Waals surface area contributed by atoms with Gasteiger partial charge < -0.3 is 5.11 Å². The predicted molar refractivity (Wildman–Crippen MR) is 135 cm³/mol. The van der Waals surface area contributed by atoms with Crippen LogP contribution in [0.4, 0.5) is 22.0 Å². The molecule has 6 heteroatoms. The zero-order valence-corrected chi connectivity index (χ0v) is 21.0. The molecule has 37 heavy (non-hydrogen) atoms. The Morgan fingerprint density at radius 1 is 0.946 bits per heavy atom. The Balaban J connectivity index is 1.77. The Bertz CT molecular complexity index is 1270. The van der Waals surface area contributed by atoms with Crippen molar-refractivity contribution in [3.05, 3.63) is 93.8 Å². The van der Waals surface area contributed by atoms with E-state index in [-0.39, 0.29) is 16.9 Å². The summed E-state index contributed by atoms with van der Waals surface area (Å²) in [5.74, 6) is -0.304. The summed E-state index contributed by atoms with van der Waals surface area (Å²) in [6.07, 6.45) is -1.99. The van der Waals surface area contributed by atoms with Gasteiger partial charge in [-0.15, -0.1) is 0 Å². The number of rotatable bonds is 4. The van der Waals surface area contributed by atoms with Gasteiger partial charge >= 0.3 is 6.18 Å². The van der Waals surface area contributed by atoms with Gasteiger partial charge in [-0.25, -0.2) is 8.78 Å². The highest BCUT2D eigenvalue weighted by Gasteiger charge is 2.38. The van der Waals surface area contributed by atoms with E-state index in [4.69, 9.17) is 0 Å². The molecule has 1 saturated carbocycles. The summed E-state index contributed by atoms with van der Waals surface area (Å²) in [7, 11) is 0. The Morgan fingerprint density at radius 3 is 2.16 bits per heavy atom. The van der Waals surface area contributed by atoms with Gasteiger partial charge in [0.05, 0.1) is 11.7 Å². The molecule has 2 aliphatic carbocycles. The molecular weight excluding hydrogens is 483 g/mol. The van der Waals surface area contributed by atoms with E-state index in [0.717, 1.165) is 48.9 Å². The fraction of sp³-hybridized carbons (Fsp3) is 0.419. The van der Waals surface area contributed by atoms with Gasteiger partial charge in [-0.3, -0.25) is 0 Å². The van der Waals surface area contributed by atoms with Gasteiger partial charge in [0.25, 0.3) is 0 Å². The van der Waals surface area contributed by atoms with Crippen molar-refractivity contribution in [2.45, 2.75) is 76.7 Å². The minimum absolute atomic E-state index is 0.120. The molecule has 0 unspecified atom stereocenters. The summed E-state index contributed by atoms with van der Waals surface area (Å²) in [6, 6.07) is 12.1. The summed E-state index contributed by atoms with van der Waals surface area (Å²) in [6.45, 7) is 4.19. The van der Waals surface area contributed by atoms with Crippen LogP contribution in [0.1, 0.15) is 97.5 Å². The first kappa shape index (κ1) is 25.9. The van der Waals surface area contributed by atoms with E-state index in [1.807, 2.05) is 6.07 Å². The van der Waals surface area contributed by atoms with Crippen molar-refractivity contribution in [3.8, 4) is 11.1 Å². The summed E-state index contributed by atoms with van der Waals surface area (Å²) in [5, 5.41) is 11.3. The molecule has 0 saturated heterocycles. The first-order valence-corrected chi connectivity index (χ1v) is 12.9. The first-order chi connectivity index (χ1) is 17.4. The summed E-state index contributed by atoms with van der Waals surface area (Å²) >= 11 is 0. The molecule has 1 fully saturated rings. The molecule has 3 aromatic rings. The summed E-state index contributed by atoms with van der Waals surface area (Å²) in [5.41, 5.74) is 3.15. The van der Waals surface area contributed by atoms with Gasteiger partial charge in [-0.1, -0.05) is 57.0 Å². The number of hydrogen-bond donors (Lipinski definition) is 1. The van der Waals surface area contributed by atoms with Crippen molar-refractivity contribution < 1.29 is 27.1 Å². The number of benzene rings is 3. The minimum atomic E-state index is -4.51. The topological polar surface area (TPSA) is 20.2 Å². The van der Waals surface area contributed by atoms with Crippen LogP contribution in [0.25, 0.3) is 11.1 Å². The van der Waals surface area contributed by atoms with E-state index in [1.165, 1.54) is 24.3 Å². The normalized spacial score (nSPS) is 20.6. The van der Waals surface area contributed by atoms with Crippen molar-refractivity contribution >= 4 is 0 Å². The number of aliphatic hydroxyl groups is 1. The van der Waals surface area contributed by atoms with Crippen molar-refractivity contribution in [2.24, 2.45) is 5.41 Å². The van der Waals surface area contributed by atoms with Gasteiger partial charge in [0.2, 0.25) is 0 Å². The largest absolute Gasteiger partial charge is 0.416 e. The monoisotopic (exact) mass is 514 g/mol. The summed E-state index contributed by atoms with van der Waals surface area (Å²) in [4.78, 5) is 0. The van der Waals surface area contributed by atoms with Gasteiger partial charge in [0, 0.05) is 5.56 Å². The molecule has 0 aromatic heterocycles. The molecular formula is C31H31F5O.